The first-order valence-electron chi connectivity index (χ1n) is 8.81. The normalized spacial score (nSPS) is 16.7. The van der Waals surface area contributed by atoms with Crippen molar-refractivity contribution in [3.8, 4) is 0 Å². The fraction of sp³-hybridized carbons (Fsp3) is 0.350. The van der Waals surface area contributed by atoms with Gasteiger partial charge in [0.2, 0.25) is 10.0 Å². The second-order valence-electron chi connectivity index (χ2n) is 7.25. The minimum absolute atomic E-state index is 0.0815. The fourth-order valence-electron chi connectivity index (χ4n) is 3.08. The highest BCUT2D eigenvalue weighted by molar-refractivity contribution is 7.91. The molecule has 0 aromatic heterocycles. The summed E-state index contributed by atoms with van der Waals surface area (Å²) < 4.78 is 32.7. The van der Waals surface area contributed by atoms with Crippen molar-refractivity contribution < 1.29 is 17.9 Å². The van der Waals surface area contributed by atoms with Crippen molar-refractivity contribution in [1.29, 1.82) is 0 Å². The van der Waals surface area contributed by atoms with Gasteiger partial charge in [0.1, 0.15) is 0 Å². The minimum Gasteiger partial charge on any atom is -0.377 e. The van der Waals surface area contributed by atoms with Crippen molar-refractivity contribution in [3.05, 3.63) is 65.7 Å². The van der Waals surface area contributed by atoms with Gasteiger partial charge in [-0.1, -0.05) is 30.3 Å². The molecule has 27 heavy (non-hydrogen) atoms. The lowest BCUT2D eigenvalue weighted by Crippen LogP contribution is -2.55. The summed E-state index contributed by atoms with van der Waals surface area (Å²) in [5.41, 5.74) is 1.30. The van der Waals surface area contributed by atoms with Gasteiger partial charge in [-0.2, -0.15) is 0 Å². The predicted octanol–water partition coefficient (Wildman–Crippen LogP) is 2.88. The van der Waals surface area contributed by atoms with E-state index < -0.39 is 10.0 Å². The highest BCUT2D eigenvalue weighted by Gasteiger charge is 2.34. The quantitative estimate of drug-likeness (QED) is 0.855. The Hall–Kier alpha value is -2.38. The number of ether oxygens (including phenoxy) is 1. The number of nitrogens with one attached hydrogen (secondary N) is 1. The molecule has 0 aliphatic carbocycles. The maximum absolute atomic E-state index is 12.8. The molecular weight excluding hydrogens is 364 g/mol. The lowest BCUT2D eigenvalue weighted by molar-refractivity contribution is -0.0370. The molecule has 0 saturated carbocycles. The van der Waals surface area contributed by atoms with Crippen molar-refractivity contribution in [2.24, 2.45) is 0 Å². The molecule has 1 N–H and O–H groups in total. The van der Waals surface area contributed by atoms with E-state index in [4.69, 9.17) is 4.74 Å². The van der Waals surface area contributed by atoms with E-state index in [0.717, 1.165) is 0 Å². The van der Waals surface area contributed by atoms with E-state index in [1.807, 2.05) is 19.9 Å². The molecule has 1 heterocycles. The molecule has 1 amide bonds. The summed E-state index contributed by atoms with van der Waals surface area (Å²) >= 11 is 0. The summed E-state index contributed by atoms with van der Waals surface area (Å²) in [5, 5.41) is 0. The van der Waals surface area contributed by atoms with Crippen LogP contribution in [-0.2, 0) is 20.5 Å². The summed E-state index contributed by atoms with van der Waals surface area (Å²) in [5.74, 6) is -0.182. The molecule has 0 spiro atoms. The van der Waals surface area contributed by atoms with Gasteiger partial charge in [-0.05, 0) is 43.7 Å². The number of sulfonamides is 1. The molecule has 1 fully saturated rings. The largest absolute Gasteiger partial charge is 0.377 e. The number of carbonyl (C=O) groups excluding carboxylic acids is 1. The number of rotatable bonds is 5. The van der Waals surface area contributed by atoms with Crippen LogP contribution in [0.1, 0.15) is 29.8 Å². The van der Waals surface area contributed by atoms with E-state index in [-0.39, 0.29) is 17.2 Å². The fourth-order valence-corrected chi connectivity index (χ4v) is 4.28. The first-order valence-corrected chi connectivity index (χ1v) is 10.5. The van der Waals surface area contributed by atoms with Crippen LogP contribution in [0.3, 0.4) is 0 Å². The molecule has 1 aliphatic heterocycles. The Morgan fingerprint density at radius 3 is 2.41 bits per heavy atom. The standard InChI is InChI=1S/C20H24N2O4S/c1-20(2)15-26-13-12-22(20)19(23)17-8-10-18(11-9-17)21-27(24,25)14-16-6-4-3-5-7-16/h3-11,21H,12-15H2,1-2H3. The van der Waals surface area contributed by atoms with Gasteiger partial charge in [0.15, 0.2) is 0 Å². The van der Waals surface area contributed by atoms with Crippen molar-refractivity contribution in [2.75, 3.05) is 24.5 Å². The zero-order chi connectivity index (χ0) is 19.5. The maximum atomic E-state index is 12.8. The third-order valence-corrected chi connectivity index (χ3v) is 5.76. The smallest absolute Gasteiger partial charge is 0.254 e. The zero-order valence-corrected chi connectivity index (χ0v) is 16.3. The van der Waals surface area contributed by atoms with Gasteiger partial charge in [-0.25, -0.2) is 8.42 Å². The number of carbonyl (C=O) groups is 1. The Bertz CT molecular complexity index is 893. The Labute approximate surface area is 160 Å². The predicted molar refractivity (Wildman–Crippen MR) is 105 cm³/mol. The molecule has 1 aliphatic rings. The molecule has 2 aromatic rings. The Kier molecular flexibility index (Phi) is 5.53. The maximum Gasteiger partial charge on any atom is 0.254 e. The number of benzene rings is 2. The van der Waals surface area contributed by atoms with E-state index in [1.54, 1.807) is 53.4 Å². The summed E-state index contributed by atoms with van der Waals surface area (Å²) in [4.78, 5) is 14.6. The van der Waals surface area contributed by atoms with E-state index in [2.05, 4.69) is 4.72 Å². The number of hydrogen-bond acceptors (Lipinski definition) is 4. The van der Waals surface area contributed by atoms with Crippen LogP contribution in [-0.4, -0.2) is 44.5 Å². The molecule has 0 radical (unpaired) electrons. The zero-order valence-electron chi connectivity index (χ0n) is 15.5. The first-order chi connectivity index (χ1) is 12.8. The van der Waals surface area contributed by atoms with E-state index >= 15 is 0 Å². The van der Waals surface area contributed by atoms with Crippen molar-refractivity contribution in [2.45, 2.75) is 25.1 Å². The van der Waals surface area contributed by atoms with Crippen LogP contribution in [0, 0.1) is 0 Å². The average Bonchev–Trinajstić information content (AvgIpc) is 2.61. The summed E-state index contributed by atoms with van der Waals surface area (Å²) in [7, 11) is -3.52. The van der Waals surface area contributed by atoms with Crippen LogP contribution < -0.4 is 4.72 Å². The number of morpholine rings is 1. The van der Waals surface area contributed by atoms with Gasteiger partial charge in [0, 0.05) is 17.8 Å². The van der Waals surface area contributed by atoms with Crippen molar-refractivity contribution in [1.82, 2.24) is 4.90 Å². The van der Waals surface area contributed by atoms with Crippen molar-refractivity contribution >= 4 is 21.6 Å². The van der Waals surface area contributed by atoms with Crippen LogP contribution >= 0.6 is 0 Å². The van der Waals surface area contributed by atoms with Crippen molar-refractivity contribution in [3.63, 3.8) is 0 Å². The van der Waals surface area contributed by atoms with E-state index in [0.29, 0.717) is 36.6 Å². The highest BCUT2D eigenvalue weighted by atomic mass is 32.2. The van der Waals surface area contributed by atoms with Gasteiger partial charge in [0.05, 0.1) is 24.5 Å². The molecule has 0 bridgehead atoms. The lowest BCUT2D eigenvalue weighted by atomic mass is 10.0. The topological polar surface area (TPSA) is 75.7 Å². The molecule has 144 valence electrons. The van der Waals surface area contributed by atoms with Gasteiger partial charge in [-0.3, -0.25) is 9.52 Å². The molecular formula is C20H24N2O4S. The van der Waals surface area contributed by atoms with Crippen LogP contribution in [0.5, 0.6) is 0 Å². The highest BCUT2D eigenvalue weighted by Crippen LogP contribution is 2.22. The van der Waals surface area contributed by atoms with Crippen LogP contribution in [0.2, 0.25) is 0 Å². The molecule has 3 rings (SSSR count). The van der Waals surface area contributed by atoms with Crippen LogP contribution in [0.15, 0.2) is 54.6 Å². The summed E-state index contributed by atoms with van der Waals surface area (Å²) in [6.07, 6.45) is 0. The molecule has 2 aromatic carbocycles. The van der Waals surface area contributed by atoms with Crippen LogP contribution in [0.4, 0.5) is 5.69 Å². The lowest BCUT2D eigenvalue weighted by Gasteiger charge is -2.42. The van der Waals surface area contributed by atoms with Gasteiger partial charge < -0.3 is 9.64 Å². The SMILES string of the molecule is CC1(C)COCCN1C(=O)c1ccc(NS(=O)(=O)Cc2ccccc2)cc1. The van der Waals surface area contributed by atoms with Gasteiger partial charge in [-0.15, -0.1) is 0 Å². The molecule has 0 atom stereocenters. The van der Waals surface area contributed by atoms with E-state index in [1.165, 1.54) is 0 Å². The first kappa shape index (κ1) is 19.4. The Morgan fingerprint density at radius 1 is 1.11 bits per heavy atom. The summed E-state index contributed by atoms with van der Waals surface area (Å²) in [6, 6.07) is 15.5. The number of amides is 1. The third-order valence-electron chi connectivity index (χ3n) is 4.50. The molecule has 6 nitrogen and oxygen atoms in total. The Balaban J connectivity index is 1.69. The van der Waals surface area contributed by atoms with Gasteiger partial charge >= 0.3 is 0 Å². The second-order valence-corrected chi connectivity index (χ2v) is 8.97. The number of nitrogens with zero attached hydrogens (tertiary/aromatic N) is 1. The monoisotopic (exact) mass is 388 g/mol. The molecule has 7 heteroatoms. The Morgan fingerprint density at radius 2 is 1.78 bits per heavy atom. The molecule has 0 unspecified atom stereocenters. The third kappa shape index (κ3) is 4.87. The number of anilines is 1. The van der Waals surface area contributed by atoms with Gasteiger partial charge in [0.25, 0.3) is 5.91 Å². The average molecular weight is 388 g/mol. The van der Waals surface area contributed by atoms with E-state index in [9.17, 15) is 13.2 Å². The van der Waals surface area contributed by atoms with Crippen LogP contribution in [0.25, 0.3) is 0 Å². The minimum atomic E-state index is -3.52. The number of hydrogen-bond donors (Lipinski definition) is 1. The summed E-state index contributed by atoms with van der Waals surface area (Å²) in [6.45, 7) is 5.49. The second kappa shape index (κ2) is 7.70. The molecule has 1 saturated heterocycles.